The van der Waals surface area contributed by atoms with Gasteiger partial charge in [0.25, 0.3) is 5.91 Å². The number of nitrogens with zero attached hydrogens (tertiary/aromatic N) is 2. The lowest BCUT2D eigenvalue weighted by molar-refractivity contribution is -0.121. The number of anilines is 1. The van der Waals surface area contributed by atoms with Gasteiger partial charge in [0.1, 0.15) is 5.75 Å². The SMILES string of the molecule is COc1ccc2nc(NC(=O)C3CCCN(C(=O)c4cc(C)cc(C)c4)C3)sc2c1. The minimum absolute atomic E-state index is 0.00798. The van der Waals surface area contributed by atoms with E-state index in [0.29, 0.717) is 23.8 Å². The monoisotopic (exact) mass is 423 g/mol. The number of hydrogen-bond acceptors (Lipinski definition) is 5. The fourth-order valence-corrected chi connectivity index (χ4v) is 4.85. The molecule has 1 fully saturated rings. The highest BCUT2D eigenvalue weighted by Crippen LogP contribution is 2.30. The molecule has 1 saturated heterocycles. The summed E-state index contributed by atoms with van der Waals surface area (Å²) >= 11 is 1.42. The Bertz CT molecular complexity index is 1090. The van der Waals surface area contributed by atoms with Crippen LogP contribution in [-0.2, 0) is 4.79 Å². The first-order valence-corrected chi connectivity index (χ1v) is 10.9. The zero-order valence-electron chi connectivity index (χ0n) is 17.4. The van der Waals surface area contributed by atoms with Gasteiger partial charge < -0.3 is 15.0 Å². The van der Waals surface area contributed by atoms with E-state index in [0.717, 1.165) is 39.9 Å². The number of amides is 2. The van der Waals surface area contributed by atoms with E-state index in [9.17, 15) is 9.59 Å². The van der Waals surface area contributed by atoms with Gasteiger partial charge in [-0.3, -0.25) is 9.59 Å². The fourth-order valence-electron chi connectivity index (χ4n) is 3.95. The molecular weight excluding hydrogens is 398 g/mol. The number of likely N-dealkylation sites (tertiary alicyclic amines) is 1. The highest BCUT2D eigenvalue weighted by atomic mass is 32.1. The number of benzene rings is 2. The summed E-state index contributed by atoms with van der Waals surface area (Å²) in [6.45, 7) is 5.08. The maximum Gasteiger partial charge on any atom is 0.253 e. The second-order valence-corrected chi connectivity index (χ2v) is 8.84. The van der Waals surface area contributed by atoms with Crippen molar-refractivity contribution in [2.45, 2.75) is 26.7 Å². The summed E-state index contributed by atoms with van der Waals surface area (Å²) in [6.07, 6.45) is 1.58. The second-order valence-electron chi connectivity index (χ2n) is 7.81. The van der Waals surface area contributed by atoms with Crippen LogP contribution >= 0.6 is 11.3 Å². The molecule has 6 nitrogen and oxygen atoms in total. The molecule has 0 saturated carbocycles. The van der Waals surface area contributed by atoms with Gasteiger partial charge >= 0.3 is 0 Å². The maximum absolute atomic E-state index is 13.0. The summed E-state index contributed by atoms with van der Waals surface area (Å²) in [5, 5.41) is 3.52. The lowest BCUT2D eigenvalue weighted by atomic mass is 9.96. The van der Waals surface area contributed by atoms with Gasteiger partial charge in [-0.05, 0) is 57.0 Å². The van der Waals surface area contributed by atoms with Gasteiger partial charge in [-0.25, -0.2) is 4.98 Å². The van der Waals surface area contributed by atoms with E-state index in [1.807, 2.05) is 44.2 Å². The molecule has 1 unspecified atom stereocenters. The van der Waals surface area contributed by atoms with Crippen molar-refractivity contribution in [3.8, 4) is 5.75 Å². The van der Waals surface area contributed by atoms with Gasteiger partial charge in [-0.2, -0.15) is 0 Å². The van der Waals surface area contributed by atoms with Gasteiger partial charge in [0.2, 0.25) is 5.91 Å². The average molecular weight is 424 g/mol. The number of nitrogens with one attached hydrogen (secondary N) is 1. The van der Waals surface area contributed by atoms with Crippen molar-refractivity contribution in [3.63, 3.8) is 0 Å². The number of rotatable bonds is 4. The topological polar surface area (TPSA) is 71.5 Å². The zero-order valence-corrected chi connectivity index (χ0v) is 18.2. The van der Waals surface area contributed by atoms with Crippen molar-refractivity contribution in [3.05, 3.63) is 53.1 Å². The summed E-state index contributed by atoms with van der Waals surface area (Å²) in [5.74, 6) is 0.428. The number of methoxy groups -OCH3 is 1. The first-order valence-electron chi connectivity index (χ1n) is 10.1. The number of carbonyl (C=O) groups is 2. The Kier molecular flexibility index (Phi) is 5.72. The molecule has 3 aromatic rings. The Labute approximate surface area is 179 Å². The standard InChI is InChI=1S/C23H25N3O3S/c1-14-9-15(2)11-17(10-14)22(28)26-8-4-5-16(13-26)21(27)25-23-24-19-7-6-18(29-3)12-20(19)30-23/h6-7,9-12,16H,4-5,8,13H2,1-3H3,(H,24,25,27). The van der Waals surface area contributed by atoms with Crippen LogP contribution in [0.1, 0.15) is 34.3 Å². The van der Waals surface area contributed by atoms with Gasteiger partial charge in [0.15, 0.2) is 5.13 Å². The number of hydrogen-bond donors (Lipinski definition) is 1. The molecule has 7 heteroatoms. The first-order chi connectivity index (χ1) is 14.4. The van der Waals surface area contributed by atoms with Gasteiger partial charge in [-0.1, -0.05) is 28.5 Å². The normalized spacial score (nSPS) is 16.5. The Morgan fingerprint density at radius 2 is 1.93 bits per heavy atom. The quantitative estimate of drug-likeness (QED) is 0.675. The van der Waals surface area contributed by atoms with Crippen LogP contribution < -0.4 is 10.1 Å². The van der Waals surface area contributed by atoms with Crippen LogP contribution in [0.3, 0.4) is 0 Å². The minimum atomic E-state index is -0.241. The molecule has 4 rings (SSSR count). The third-order valence-electron chi connectivity index (χ3n) is 5.37. The van der Waals surface area contributed by atoms with Crippen LogP contribution in [-0.4, -0.2) is 41.9 Å². The molecular formula is C23H25N3O3S. The molecule has 1 aromatic heterocycles. The molecule has 0 aliphatic carbocycles. The number of thiazole rings is 1. The molecule has 156 valence electrons. The van der Waals surface area contributed by atoms with Crippen LogP contribution in [0.25, 0.3) is 10.2 Å². The molecule has 0 bridgehead atoms. The number of carbonyl (C=O) groups excluding carboxylic acids is 2. The van der Waals surface area contributed by atoms with Crippen LogP contribution in [0.5, 0.6) is 5.75 Å². The molecule has 1 aliphatic rings. The molecule has 2 heterocycles. The molecule has 2 amide bonds. The first kappa shape index (κ1) is 20.3. The summed E-state index contributed by atoms with van der Waals surface area (Å²) in [4.78, 5) is 32.1. The fraction of sp³-hybridized carbons (Fsp3) is 0.348. The molecule has 2 aromatic carbocycles. The molecule has 1 atom stereocenters. The van der Waals surface area contributed by atoms with E-state index in [1.165, 1.54) is 11.3 Å². The van der Waals surface area contributed by atoms with Gasteiger partial charge in [-0.15, -0.1) is 0 Å². The van der Waals surface area contributed by atoms with E-state index in [1.54, 1.807) is 12.0 Å². The minimum Gasteiger partial charge on any atom is -0.497 e. The Morgan fingerprint density at radius 1 is 1.17 bits per heavy atom. The van der Waals surface area contributed by atoms with Gasteiger partial charge in [0, 0.05) is 18.7 Å². The van der Waals surface area contributed by atoms with E-state index in [-0.39, 0.29) is 17.7 Å². The molecule has 1 N–H and O–H groups in total. The highest BCUT2D eigenvalue weighted by molar-refractivity contribution is 7.22. The van der Waals surface area contributed by atoms with Gasteiger partial charge in [0.05, 0.1) is 23.2 Å². The average Bonchev–Trinajstić information content (AvgIpc) is 3.13. The Balaban J connectivity index is 1.45. The predicted molar refractivity (Wildman–Crippen MR) is 119 cm³/mol. The lowest BCUT2D eigenvalue weighted by Gasteiger charge is -2.32. The lowest BCUT2D eigenvalue weighted by Crippen LogP contribution is -2.43. The Hall–Kier alpha value is -2.93. The summed E-state index contributed by atoms with van der Waals surface area (Å²) < 4.78 is 6.21. The summed E-state index contributed by atoms with van der Waals surface area (Å²) in [6, 6.07) is 11.5. The smallest absolute Gasteiger partial charge is 0.253 e. The maximum atomic E-state index is 13.0. The van der Waals surface area contributed by atoms with Crippen molar-refractivity contribution in [1.29, 1.82) is 0 Å². The van der Waals surface area contributed by atoms with E-state index in [4.69, 9.17) is 4.74 Å². The molecule has 0 radical (unpaired) electrons. The number of piperidine rings is 1. The third kappa shape index (κ3) is 4.31. The van der Waals surface area contributed by atoms with Crippen molar-refractivity contribution in [1.82, 2.24) is 9.88 Å². The third-order valence-corrected chi connectivity index (χ3v) is 6.31. The van der Waals surface area contributed by atoms with Crippen LogP contribution in [0.2, 0.25) is 0 Å². The number of fused-ring (bicyclic) bond motifs is 1. The summed E-state index contributed by atoms with van der Waals surface area (Å²) in [7, 11) is 1.62. The molecule has 0 spiro atoms. The van der Waals surface area contributed by atoms with Crippen LogP contribution in [0.15, 0.2) is 36.4 Å². The van der Waals surface area contributed by atoms with E-state index in [2.05, 4.69) is 16.4 Å². The van der Waals surface area contributed by atoms with Crippen LogP contribution in [0, 0.1) is 19.8 Å². The summed E-state index contributed by atoms with van der Waals surface area (Å²) in [5.41, 5.74) is 3.65. The number of aromatic nitrogens is 1. The van der Waals surface area contributed by atoms with Crippen LogP contribution in [0.4, 0.5) is 5.13 Å². The van der Waals surface area contributed by atoms with E-state index < -0.39 is 0 Å². The highest BCUT2D eigenvalue weighted by Gasteiger charge is 2.29. The second kappa shape index (κ2) is 8.44. The number of ether oxygens (including phenoxy) is 1. The van der Waals surface area contributed by atoms with Crippen molar-refractivity contribution < 1.29 is 14.3 Å². The number of aryl methyl sites for hydroxylation is 2. The largest absolute Gasteiger partial charge is 0.497 e. The van der Waals surface area contributed by atoms with Crippen molar-refractivity contribution in [2.75, 3.05) is 25.5 Å². The van der Waals surface area contributed by atoms with E-state index >= 15 is 0 Å². The Morgan fingerprint density at radius 3 is 2.67 bits per heavy atom. The molecule has 30 heavy (non-hydrogen) atoms. The van der Waals surface area contributed by atoms with Crippen molar-refractivity contribution in [2.24, 2.45) is 5.92 Å². The zero-order chi connectivity index (χ0) is 21.3. The van der Waals surface area contributed by atoms with Crippen molar-refractivity contribution >= 4 is 38.5 Å². The molecule has 1 aliphatic heterocycles. The predicted octanol–water partition coefficient (Wildman–Crippen LogP) is 4.41.